The van der Waals surface area contributed by atoms with Crippen LogP contribution >= 0.6 is 0 Å². The van der Waals surface area contributed by atoms with Crippen molar-refractivity contribution in [3.05, 3.63) is 23.8 Å². The Labute approximate surface area is 112 Å². The van der Waals surface area contributed by atoms with Gasteiger partial charge in [-0.15, -0.1) is 0 Å². The maximum absolute atomic E-state index is 10.9. The number of hydrogen-bond donors (Lipinski definition) is 3. The van der Waals surface area contributed by atoms with Crippen LogP contribution in [-0.2, 0) is 4.79 Å². The molecule has 2 rings (SSSR count). The predicted molar refractivity (Wildman–Crippen MR) is 70.0 cm³/mol. The summed E-state index contributed by atoms with van der Waals surface area (Å²) in [6, 6.07) is 4.58. The number of rotatable bonds is 4. The zero-order valence-electron chi connectivity index (χ0n) is 11.1. The maximum Gasteiger partial charge on any atom is 0.306 e. The van der Waals surface area contributed by atoms with Crippen LogP contribution in [0.5, 0.6) is 11.5 Å². The summed E-state index contributed by atoms with van der Waals surface area (Å²) in [6.07, 6.45) is 0. The van der Waals surface area contributed by atoms with Gasteiger partial charge < -0.3 is 15.3 Å². The molecule has 5 heteroatoms. The minimum Gasteiger partial charge on any atom is -0.508 e. The average Bonchev–Trinajstić information content (AvgIpc) is 2.26. The zero-order chi connectivity index (χ0) is 14.2. The first kappa shape index (κ1) is 13.7. The molecule has 1 aliphatic rings. The van der Waals surface area contributed by atoms with Crippen molar-refractivity contribution in [2.24, 2.45) is 11.8 Å². The summed E-state index contributed by atoms with van der Waals surface area (Å²) in [4.78, 5) is 13.0. The highest BCUT2D eigenvalue weighted by Gasteiger charge is 2.37. The van der Waals surface area contributed by atoms with E-state index in [-0.39, 0.29) is 29.4 Å². The summed E-state index contributed by atoms with van der Waals surface area (Å²) in [6.45, 7) is 5.13. The van der Waals surface area contributed by atoms with E-state index in [1.807, 2.05) is 6.92 Å². The van der Waals surface area contributed by atoms with Gasteiger partial charge in [0.15, 0.2) is 0 Å². The third-order valence-electron chi connectivity index (χ3n) is 4.05. The molecular weight excluding hydrogens is 246 g/mol. The van der Waals surface area contributed by atoms with Crippen LogP contribution in [0.3, 0.4) is 0 Å². The Morgan fingerprint density at radius 1 is 1.32 bits per heavy atom. The molecule has 0 radical (unpaired) electrons. The molecule has 0 saturated carbocycles. The van der Waals surface area contributed by atoms with E-state index in [1.165, 1.54) is 6.07 Å². The van der Waals surface area contributed by atoms with E-state index in [0.29, 0.717) is 0 Å². The number of phenolic OH excluding ortho intramolecular Hbond substituents is 2. The van der Waals surface area contributed by atoms with Crippen molar-refractivity contribution >= 4 is 5.97 Å². The minimum atomic E-state index is -0.759. The molecule has 19 heavy (non-hydrogen) atoms. The minimum absolute atomic E-state index is 0.0119. The van der Waals surface area contributed by atoms with Gasteiger partial charge >= 0.3 is 5.97 Å². The highest BCUT2D eigenvalue weighted by molar-refractivity contribution is 5.70. The van der Waals surface area contributed by atoms with Crippen molar-refractivity contribution in [2.45, 2.75) is 19.9 Å². The predicted octanol–water partition coefficient (Wildman–Crippen LogP) is 1.81. The number of carbonyl (C=O) groups is 1. The monoisotopic (exact) mass is 265 g/mol. The summed E-state index contributed by atoms with van der Waals surface area (Å²) < 4.78 is 0. The third-order valence-corrected chi connectivity index (χ3v) is 4.05. The van der Waals surface area contributed by atoms with Crippen LogP contribution in [0, 0.1) is 11.8 Å². The molecule has 1 fully saturated rings. The summed E-state index contributed by atoms with van der Waals surface area (Å²) in [7, 11) is 0. The normalized spacial score (nSPS) is 19.7. The number of aromatic hydroxyl groups is 2. The Kier molecular flexibility index (Phi) is 3.66. The molecular formula is C14H19NO4. The molecule has 5 nitrogen and oxygen atoms in total. The molecule has 0 spiro atoms. The molecule has 3 N–H and O–H groups in total. The summed E-state index contributed by atoms with van der Waals surface area (Å²) in [5, 5.41) is 28.0. The molecule has 1 heterocycles. The fourth-order valence-electron chi connectivity index (χ4n) is 2.47. The first-order valence-electron chi connectivity index (χ1n) is 6.39. The van der Waals surface area contributed by atoms with E-state index in [9.17, 15) is 15.0 Å². The Bertz CT molecular complexity index is 482. The smallest absolute Gasteiger partial charge is 0.306 e. The van der Waals surface area contributed by atoms with E-state index in [0.717, 1.165) is 18.7 Å². The first-order valence-corrected chi connectivity index (χ1v) is 6.39. The Morgan fingerprint density at radius 3 is 2.47 bits per heavy atom. The number of carboxylic acid groups (broad SMARTS) is 1. The number of hydrogen-bond acceptors (Lipinski definition) is 4. The van der Waals surface area contributed by atoms with Crippen molar-refractivity contribution in [3.63, 3.8) is 0 Å². The molecule has 0 bridgehead atoms. The van der Waals surface area contributed by atoms with Gasteiger partial charge in [0.25, 0.3) is 0 Å². The lowest BCUT2D eigenvalue weighted by Gasteiger charge is -2.45. The summed E-state index contributed by atoms with van der Waals surface area (Å²) >= 11 is 0. The van der Waals surface area contributed by atoms with E-state index in [1.54, 1.807) is 19.1 Å². The molecule has 2 atom stereocenters. The first-order chi connectivity index (χ1) is 8.90. The highest BCUT2D eigenvalue weighted by Crippen LogP contribution is 2.36. The van der Waals surface area contributed by atoms with Crippen LogP contribution in [0.15, 0.2) is 18.2 Å². The van der Waals surface area contributed by atoms with Gasteiger partial charge in [-0.05, 0) is 18.9 Å². The lowest BCUT2D eigenvalue weighted by molar-refractivity contribution is -0.146. The second-order valence-corrected chi connectivity index (χ2v) is 5.26. The van der Waals surface area contributed by atoms with E-state index >= 15 is 0 Å². The van der Waals surface area contributed by atoms with Crippen LogP contribution in [0.1, 0.15) is 25.5 Å². The average molecular weight is 265 g/mol. The maximum atomic E-state index is 10.9. The van der Waals surface area contributed by atoms with E-state index in [2.05, 4.69) is 4.90 Å². The standard InChI is InChI=1S/C14H19NO4/c1-8(14(18)19)10-6-15(7-10)9(2)12-4-3-11(16)5-13(12)17/h3-5,8-10,16-17H,6-7H2,1-2H3,(H,18,19). The van der Waals surface area contributed by atoms with Gasteiger partial charge in [0.2, 0.25) is 0 Å². The van der Waals surface area contributed by atoms with Gasteiger partial charge in [0.05, 0.1) is 5.92 Å². The second-order valence-electron chi connectivity index (χ2n) is 5.26. The molecule has 1 aromatic carbocycles. The fraction of sp³-hybridized carbons (Fsp3) is 0.500. The van der Waals surface area contributed by atoms with Gasteiger partial charge in [-0.3, -0.25) is 9.69 Å². The van der Waals surface area contributed by atoms with Crippen LogP contribution in [-0.4, -0.2) is 39.3 Å². The molecule has 0 amide bonds. The fourth-order valence-corrected chi connectivity index (χ4v) is 2.47. The zero-order valence-corrected chi connectivity index (χ0v) is 11.1. The Hall–Kier alpha value is -1.75. The molecule has 1 saturated heterocycles. The van der Waals surface area contributed by atoms with E-state index in [4.69, 9.17) is 5.11 Å². The van der Waals surface area contributed by atoms with E-state index < -0.39 is 5.97 Å². The van der Waals surface area contributed by atoms with Gasteiger partial charge in [0.1, 0.15) is 11.5 Å². The lowest BCUT2D eigenvalue weighted by Crippen LogP contribution is -2.51. The van der Waals surface area contributed by atoms with Crippen LogP contribution in [0.2, 0.25) is 0 Å². The van der Waals surface area contributed by atoms with Crippen molar-refractivity contribution in [1.29, 1.82) is 0 Å². The molecule has 0 aromatic heterocycles. The molecule has 0 aliphatic carbocycles. The quantitative estimate of drug-likeness (QED) is 0.773. The summed E-state index contributed by atoms with van der Waals surface area (Å²) in [5.74, 6) is -0.822. The number of benzene rings is 1. The Morgan fingerprint density at radius 2 is 1.95 bits per heavy atom. The largest absolute Gasteiger partial charge is 0.508 e. The van der Waals surface area contributed by atoms with Gasteiger partial charge in [0, 0.05) is 30.8 Å². The molecule has 1 aliphatic heterocycles. The number of phenols is 2. The number of aliphatic carboxylic acids is 1. The van der Waals surface area contributed by atoms with Crippen molar-refractivity contribution in [2.75, 3.05) is 13.1 Å². The molecule has 104 valence electrons. The molecule has 2 unspecified atom stereocenters. The van der Waals surface area contributed by atoms with Gasteiger partial charge in [-0.1, -0.05) is 13.0 Å². The third kappa shape index (κ3) is 2.66. The number of likely N-dealkylation sites (tertiary alicyclic amines) is 1. The van der Waals surface area contributed by atoms with Gasteiger partial charge in [-0.2, -0.15) is 0 Å². The second kappa shape index (κ2) is 5.09. The topological polar surface area (TPSA) is 81.0 Å². The summed E-state index contributed by atoms with van der Waals surface area (Å²) in [5.41, 5.74) is 0.749. The van der Waals surface area contributed by atoms with Crippen LogP contribution < -0.4 is 0 Å². The number of nitrogens with zero attached hydrogens (tertiary/aromatic N) is 1. The van der Waals surface area contributed by atoms with Crippen molar-refractivity contribution in [1.82, 2.24) is 4.90 Å². The van der Waals surface area contributed by atoms with Crippen LogP contribution in [0.4, 0.5) is 0 Å². The lowest BCUT2D eigenvalue weighted by atomic mass is 9.85. The van der Waals surface area contributed by atoms with Gasteiger partial charge in [-0.25, -0.2) is 0 Å². The van der Waals surface area contributed by atoms with Crippen molar-refractivity contribution < 1.29 is 20.1 Å². The van der Waals surface area contributed by atoms with Crippen LogP contribution in [0.25, 0.3) is 0 Å². The molecule has 1 aromatic rings. The SMILES string of the molecule is CC(C(=O)O)C1CN(C(C)c2ccc(O)cc2O)C1. The number of carboxylic acids is 1. The Balaban J connectivity index is 2.00. The highest BCUT2D eigenvalue weighted by atomic mass is 16.4. The van der Waals surface area contributed by atoms with Crippen molar-refractivity contribution in [3.8, 4) is 11.5 Å².